The quantitative estimate of drug-likeness (QED) is 0.747. The van der Waals surface area contributed by atoms with Crippen LogP contribution in [0.1, 0.15) is 0 Å². The number of benzene rings is 1. The van der Waals surface area contributed by atoms with Crippen molar-refractivity contribution in [3.63, 3.8) is 0 Å². The number of halogens is 1. The first kappa shape index (κ1) is 8.96. The molecule has 0 aliphatic carbocycles. The van der Waals surface area contributed by atoms with Crippen LogP contribution in [0.5, 0.6) is 0 Å². The van der Waals surface area contributed by atoms with Gasteiger partial charge in [0.25, 0.3) is 0 Å². The number of rotatable bonds is 2. The highest BCUT2D eigenvalue weighted by molar-refractivity contribution is 7.13. The summed E-state index contributed by atoms with van der Waals surface area (Å²) in [4.78, 5) is 4.03. The van der Waals surface area contributed by atoms with E-state index in [0.29, 0.717) is 11.4 Å². The fraction of sp³-hybridized carbons (Fsp3) is 0. The van der Waals surface area contributed by atoms with Crippen LogP contribution in [0, 0.1) is 5.82 Å². The average molecular weight is 209 g/mol. The summed E-state index contributed by atoms with van der Waals surface area (Å²) < 4.78 is 12.7. The number of hydrogen-bond donors (Lipinski definition) is 2. The Morgan fingerprint density at radius 3 is 2.93 bits per heavy atom. The Hall–Kier alpha value is -1.62. The van der Waals surface area contributed by atoms with Crippen LogP contribution in [0.25, 0.3) is 0 Å². The van der Waals surface area contributed by atoms with E-state index in [1.807, 2.05) is 5.38 Å². The molecule has 72 valence electrons. The molecule has 0 amide bonds. The van der Waals surface area contributed by atoms with Crippen molar-refractivity contribution in [1.29, 1.82) is 0 Å². The topological polar surface area (TPSA) is 50.9 Å². The van der Waals surface area contributed by atoms with E-state index in [1.54, 1.807) is 12.3 Å². The lowest BCUT2D eigenvalue weighted by atomic mass is 10.2. The Balaban J connectivity index is 2.25. The lowest BCUT2D eigenvalue weighted by Crippen LogP contribution is -1.96. The third-order valence-corrected chi connectivity index (χ3v) is 2.38. The standard InChI is InChI=1S/C9H8FN3S/c10-6-1-2-8(7(11)5-6)13-9-12-3-4-14-9/h1-5H,11H2,(H,12,13). The maximum Gasteiger partial charge on any atom is 0.187 e. The van der Waals surface area contributed by atoms with Crippen LogP contribution < -0.4 is 11.1 Å². The fourth-order valence-electron chi connectivity index (χ4n) is 1.05. The lowest BCUT2D eigenvalue weighted by molar-refractivity contribution is 0.628. The van der Waals surface area contributed by atoms with Gasteiger partial charge in [-0.3, -0.25) is 0 Å². The highest BCUT2D eigenvalue weighted by atomic mass is 32.1. The maximum atomic E-state index is 12.7. The molecule has 0 aliphatic heterocycles. The van der Waals surface area contributed by atoms with E-state index in [1.165, 1.54) is 23.5 Å². The van der Waals surface area contributed by atoms with Crippen LogP contribution in [0.4, 0.5) is 20.9 Å². The molecule has 3 N–H and O–H groups in total. The molecule has 1 heterocycles. The van der Waals surface area contributed by atoms with E-state index in [9.17, 15) is 4.39 Å². The highest BCUT2D eigenvalue weighted by Crippen LogP contribution is 2.24. The number of thiazole rings is 1. The van der Waals surface area contributed by atoms with Gasteiger partial charge in [0, 0.05) is 11.6 Å². The molecule has 0 spiro atoms. The van der Waals surface area contributed by atoms with Crippen LogP contribution in [0.15, 0.2) is 29.8 Å². The highest BCUT2D eigenvalue weighted by Gasteiger charge is 2.01. The fourth-order valence-corrected chi connectivity index (χ4v) is 1.59. The minimum atomic E-state index is -0.341. The molecule has 1 aromatic carbocycles. The van der Waals surface area contributed by atoms with E-state index >= 15 is 0 Å². The number of nitrogens with one attached hydrogen (secondary N) is 1. The Morgan fingerprint density at radius 1 is 1.43 bits per heavy atom. The van der Waals surface area contributed by atoms with Crippen LogP contribution in [0.3, 0.4) is 0 Å². The first-order chi connectivity index (χ1) is 6.75. The third-order valence-electron chi connectivity index (χ3n) is 1.69. The second-order valence-corrected chi connectivity index (χ2v) is 3.59. The number of anilines is 3. The second-order valence-electron chi connectivity index (χ2n) is 2.69. The van der Waals surface area contributed by atoms with Crippen molar-refractivity contribution in [3.8, 4) is 0 Å². The number of nitrogen functional groups attached to an aromatic ring is 1. The number of nitrogens with two attached hydrogens (primary N) is 1. The predicted molar refractivity (Wildman–Crippen MR) is 56.2 cm³/mol. The van der Waals surface area contributed by atoms with Crippen LogP contribution in [-0.2, 0) is 0 Å². The first-order valence-electron chi connectivity index (χ1n) is 3.97. The number of aromatic nitrogens is 1. The molecule has 0 saturated heterocycles. The van der Waals surface area contributed by atoms with E-state index in [0.717, 1.165) is 5.13 Å². The van der Waals surface area contributed by atoms with Crippen LogP contribution in [-0.4, -0.2) is 4.98 Å². The minimum absolute atomic E-state index is 0.341. The second kappa shape index (κ2) is 3.63. The van der Waals surface area contributed by atoms with Crippen molar-refractivity contribution in [2.24, 2.45) is 0 Å². The summed E-state index contributed by atoms with van der Waals surface area (Å²) in [6.07, 6.45) is 1.69. The first-order valence-corrected chi connectivity index (χ1v) is 4.85. The molecule has 0 atom stereocenters. The molecule has 3 nitrogen and oxygen atoms in total. The van der Waals surface area contributed by atoms with Crippen molar-refractivity contribution in [2.75, 3.05) is 11.1 Å². The van der Waals surface area contributed by atoms with E-state index in [4.69, 9.17) is 5.73 Å². The monoisotopic (exact) mass is 209 g/mol. The molecule has 2 rings (SSSR count). The largest absolute Gasteiger partial charge is 0.397 e. The van der Waals surface area contributed by atoms with Crippen molar-refractivity contribution < 1.29 is 4.39 Å². The smallest absolute Gasteiger partial charge is 0.187 e. The van der Waals surface area contributed by atoms with Crippen molar-refractivity contribution in [3.05, 3.63) is 35.6 Å². The van der Waals surface area contributed by atoms with Gasteiger partial charge in [-0.1, -0.05) is 0 Å². The minimum Gasteiger partial charge on any atom is -0.397 e. The molecule has 0 saturated carbocycles. The molecule has 0 fully saturated rings. The zero-order valence-electron chi connectivity index (χ0n) is 7.20. The summed E-state index contributed by atoms with van der Waals surface area (Å²) >= 11 is 1.46. The lowest BCUT2D eigenvalue weighted by Gasteiger charge is -2.05. The Kier molecular flexibility index (Phi) is 2.32. The van der Waals surface area contributed by atoms with Gasteiger partial charge in [0.1, 0.15) is 5.82 Å². The van der Waals surface area contributed by atoms with Crippen LogP contribution >= 0.6 is 11.3 Å². The molecule has 0 unspecified atom stereocenters. The zero-order chi connectivity index (χ0) is 9.97. The molecule has 0 aliphatic rings. The molecule has 0 bridgehead atoms. The van der Waals surface area contributed by atoms with E-state index in [2.05, 4.69) is 10.3 Å². The Bertz CT molecular complexity index is 428. The number of hydrogen-bond acceptors (Lipinski definition) is 4. The van der Waals surface area contributed by atoms with Gasteiger partial charge < -0.3 is 11.1 Å². The molecular formula is C9H8FN3S. The van der Waals surface area contributed by atoms with E-state index < -0.39 is 0 Å². The molecule has 2 aromatic rings. The average Bonchev–Trinajstić information content (AvgIpc) is 2.62. The van der Waals surface area contributed by atoms with Crippen molar-refractivity contribution >= 4 is 27.8 Å². The Morgan fingerprint density at radius 2 is 2.29 bits per heavy atom. The maximum absolute atomic E-state index is 12.7. The summed E-state index contributed by atoms with van der Waals surface area (Å²) in [7, 11) is 0. The SMILES string of the molecule is Nc1cc(F)ccc1Nc1nccs1. The third kappa shape index (κ3) is 1.82. The summed E-state index contributed by atoms with van der Waals surface area (Å²) in [5.74, 6) is -0.341. The van der Waals surface area contributed by atoms with Gasteiger partial charge in [0.05, 0.1) is 11.4 Å². The van der Waals surface area contributed by atoms with Gasteiger partial charge in [-0.2, -0.15) is 0 Å². The van der Waals surface area contributed by atoms with Crippen molar-refractivity contribution in [1.82, 2.24) is 4.98 Å². The van der Waals surface area contributed by atoms with Gasteiger partial charge in [-0.05, 0) is 18.2 Å². The Labute approximate surface area is 84.4 Å². The van der Waals surface area contributed by atoms with Gasteiger partial charge in [-0.25, -0.2) is 9.37 Å². The summed E-state index contributed by atoms with van der Waals surface area (Å²) in [5, 5.41) is 5.58. The van der Waals surface area contributed by atoms with E-state index in [-0.39, 0.29) is 5.82 Å². The van der Waals surface area contributed by atoms with Gasteiger partial charge in [0.2, 0.25) is 0 Å². The molecule has 0 radical (unpaired) electrons. The van der Waals surface area contributed by atoms with Gasteiger partial charge >= 0.3 is 0 Å². The normalized spacial score (nSPS) is 10.1. The number of nitrogens with zero attached hydrogens (tertiary/aromatic N) is 1. The predicted octanol–water partition coefficient (Wildman–Crippen LogP) is 2.61. The molecule has 1 aromatic heterocycles. The van der Waals surface area contributed by atoms with Crippen molar-refractivity contribution in [2.45, 2.75) is 0 Å². The summed E-state index contributed by atoms with van der Waals surface area (Å²) in [5.41, 5.74) is 6.66. The van der Waals surface area contributed by atoms with Gasteiger partial charge in [-0.15, -0.1) is 11.3 Å². The molecule has 14 heavy (non-hydrogen) atoms. The zero-order valence-corrected chi connectivity index (χ0v) is 8.01. The summed E-state index contributed by atoms with van der Waals surface area (Å²) in [6, 6.07) is 4.22. The molecule has 5 heteroatoms. The summed E-state index contributed by atoms with van der Waals surface area (Å²) in [6.45, 7) is 0. The van der Waals surface area contributed by atoms with Gasteiger partial charge in [0.15, 0.2) is 5.13 Å². The molecular weight excluding hydrogens is 201 g/mol. The van der Waals surface area contributed by atoms with Crippen LogP contribution in [0.2, 0.25) is 0 Å².